The molecule has 0 atom stereocenters. The Morgan fingerprint density at radius 3 is 2.68 bits per heavy atom. The summed E-state index contributed by atoms with van der Waals surface area (Å²) in [7, 11) is -3.62. The molecule has 19 heavy (non-hydrogen) atoms. The van der Waals surface area contributed by atoms with Crippen molar-refractivity contribution in [3.05, 3.63) is 39.4 Å². The van der Waals surface area contributed by atoms with Gasteiger partial charge in [0.25, 0.3) is 0 Å². The number of sulfonamides is 1. The van der Waals surface area contributed by atoms with E-state index in [1.165, 1.54) is 12.1 Å². The fourth-order valence-corrected chi connectivity index (χ4v) is 4.34. The number of rotatable bonds is 6. The second kappa shape index (κ2) is 5.83. The first-order chi connectivity index (χ1) is 8.99. The first kappa shape index (κ1) is 14.2. The Labute approximate surface area is 118 Å². The minimum Gasteiger partial charge on any atom is -0.477 e. The number of hydrogen-bond donors (Lipinski definition) is 2. The van der Waals surface area contributed by atoms with Crippen LogP contribution in [0.1, 0.15) is 15.2 Å². The van der Waals surface area contributed by atoms with Crippen molar-refractivity contribution in [3.63, 3.8) is 0 Å². The number of nitrogens with one attached hydrogen (secondary N) is 1. The lowest BCUT2D eigenvalue weighted by Gasteiger charge is -2.03. The first-order valence-electron chi connectivity index (χ1n) is 5.33. The number of hydrogen-bond acceptors (Lipinski definition) is 5. The molecule has 0 aliphatic carbocycles. The van der Waals surface area contributed by atoms with Gasteiger partial charge in [-0.05, 0) is 40.9 Å². The van der Waals surface area contributed by atoms with Gasteiger partial charge >= 0.3 is 5.97 Å². The van der Waals surface area contributed by atoms with Crippen molar-refractivity contribution < 1.29 is 18.3 Å². The molecule has 8 heteroatoms. The van der Waals surface area contributed by atoms with Gasteiger partial charge in [0.05, 0.1) is 0 Å². The zero-order valence-corrected chi connectivity index (χ0v) is 12.1. The molecule has 0 unspecified atom stereocenters. The fourth-order valence-electron chi connectivity index (χ4n) is 1.42. The standard InChI is InChI=1S/C11H11NO4S3/c13-11(14)9-1-2-10(18-9)19(15,16)12-5-3-8-4-6-17-7-8/h1-2,4,6-7,12H,3,5H2,(H,13,14). The predicted octanol–water partition coefficient (Wildman–Crippen LogP) is 2.03. The molecule has 0 fully saturated rings. The summed E-state index contributed by atoms with van der Waals surface area (Å²) >= 11 is 2.31. The number of aromatic carboxylic acids is 1. The van der Waals surface area contributed by atoms with Crippen molar-refractivity contribution in [1.82, 2.24) is 4.72 Å². The van der Waals surface area contributed by atoms with Crippen LogP contribution in [0.2, 0.25) is 0 Å². The highest BCUT2D eigenvalue weighted by atomic mass is 32.2. The van der Waals surface area contributed by atoms with Gasteiger partial charge in [0.1, 0.15) is 9.09 Å². The molecule has 0 radical (unpaired) electrons. The van der Waals surface area contributed by atoms with Crippen LogP contribution in [-0.4, -0.2) is 26.0 Å². The summed E-state index contributed by atoms with van der Waals surface area (Å²) in [5.41, 5.74) is 1.07. The fraction of sp³-hybridized carbons (Fsp3) is 0.182. The van der Waals surface area contributed by atoms with Crippen LogP contribution in [0.5, 0.6) is 0 Å². The van der Waals surface area contributed by atoms with Gasteiger partial charge in [0, 0.05) is 6.54 Å². The Hall–Kier alpha value is -1.22. The van der Waals surface area contributed by atoms with Crippen LogP contribution in [0.4, 0.5) is 0 Å². The summed E-state index contributed by atoms with van der Waals surface area (Å²) in [6.07, 6.45) is 0.611. The molecule has 2 heterocycles. The molecule has 5 nitrogen and oxygen atoms in total. The Balaban J connectivity index is 1.99. The lowest BCUT2D eigenvalue weighted by Crippen LogP contribution is -2.25. The molecule has 0 aromatic carbocycles. The minimum absolute atomic E-state index is 0.0122. The molecule has 2 N–H and O–H groups in total. The summed E-state index contributed by atoms with van der Waals surface area (Å²) in [5.74, 6) is -1.12. The molecule has 2 aromatic heterocycles. The number of carboxylic acid groups (broad SMARTS) is 1. The summed E-state index contributed by atoms with van der Waals surface area (Å²) in [6.45, 7) is 0.291. The lowest BCUT2D eigenvalue weighted by molar-refractivity contribution is 0.0702. The SMILES string of the molecule is O=C(O)c1ccc(S(=O)(=O)NCCc2ccsc2)s1. The largest absolute Gasteiger partial charge is 0.477 e. The zero-order valence-electron chi connectivity index (χ0n) is 9.70. The second-order valence-corrected chi connectivity index (χ2v) is 7.56. The van der Waals surface area contributed by atoms with E-state index in [1.54, 1.807) is 11.3 Å². The van der Waals surface area contributed by atoms with Crippen LogP contribution in [0, 0.1) is 0 Å². The molecule has 0 saturated carbocycles. The van der Waals surface area contributed by atoms with Gasteiger partial charge in [-0.3, -0.25) is 0 Å². The van der Waals surface area contributed by atoms with E-state index in [1.807, 2.05) is 16.8 Å². The van der Waals surface area contributed by atoms with Crippen LogP contribution in [0.3, 0.4) is 0 Å². The van der Waals surface area contributed by atoms with Crippen molar-refractivity contribution >= 4 is 38.7 Å². The number of carboxylic acids is 1. The van der Waals surface area contributed by atoms with E-state index >= 15 is 0 Å². The van der Waals surface area contributed by atoms with Crippen molar-refractivity contribution in [2.24, 2.45) is 0 Å². The summed E-state index contributed by atoms with van der Waals surface area (Å²) in [4.78, 5) is 10.7. The molecular weight excluding hydrogens is 306 g/mol. The van der Waals surface area contributed by atoms with Gasteiger partial charge in [-0.2, -0.15) is 11.3 Å². The van der Waals surface area contributed by atoms with E-state index in [0.717, 1.165) is 16.9 Å². The molecule has 0 aliphatic rings. The van der Waals surface area contributed by atoms with E-state index < -0.39 is 16.0 Å². The number of carbonyl (C=O) groups is 1. The average Bonchev–Trinajstić information content (AvgIpc) is 2.99. The van der Waals surface area contributed by atoms with Crippen molar-refractivity contribution in [2.45, 2.75) is 10.6 Å². The summed E-state index contributed by atoms with van der Waals surface area (Å²) in [6, 6.07) is 4.54. The van der Waals surface area contributed by atoms with E-state index in [4.69, 9.17) is 5.11 Å². The van der Waals surface area contributed by atoms with Gasteiger partial charge in [-0.15, -0.1) is 11.3 Å². The lowest BCUT2D eigenvalue weighted by atomic mass is 10.2. The van der Waals surface area contributed by atoms with Crippen LogP contribution in [0.25, 0.3) is 0 Å². The molecule has 102 valence electrons. The van der Waals surface area contributed by atoms with Crippen molar-refractivity contribution in [2.75, 3.05) is 6.54 Å². The topological polar surface area (TPSA) is 83.5 Å². The molecule has 0 bridgehead atoms. The van der Waals surface area contributed by atoms with E-state index in [-0.39, 0.29) is 9.09 Å². The quantitative estimate of drug-likeness (QED) is 0.854. The third-order valence-electron chi connectivity index (χ3n) is 2.34. The minimum atomic E-state index is -3.62. The van der Waals surface area contributed by atoms with Gasteiger partial charge < -0.3 is 5.11 Å². The van der Waals surface area contributed by atoms with Crippen molar-refractivity contribution in [1.29, 1.82) is 0 Å². The van der Waals surface area contributed by atoms with Gasteiger partial charge in [-0.1, -0.05) is 0 Å². The maximum atomic E-state index is 11.9. The Bertz CT molecular complexity index is 658. The highest BCUT2D eigenvalue weighted by molar-refractivity contribution is 7.91. The van der Waals surface area contributed by atoms with E-state index in [0.29, 0.717) is 13.0 Å². The molecule has 0 aliphatic heterocycles. The normalized spacial score (nSPS) is 11.6. The van der Waals surface area contributed by atoms with Crippen LogP contribution in [0.15, 0.2) is 33.2 Å². The molecule has 0 saturated heterocycles. The summed E-state index contributed by atoms with van der Waals surface area (Å²) in [5, 5.41) is 12.7. The van der Waals surface area contributed by atoms with Gasteiger partial charge in [-0.25, -0.2) is 17.9 Å². The Morgan fingerprint density at radius 2 is 2.11 bits per heavy atom. The molecule has 0 spiro atoms. The predicted molar refractivity (Wildman–Crippen MR) is 74.5 cm³/mol. The van der Waals surface area contributed by atoms with Crippen LogP contribution >= 0.6 is 22.7 Å². The molecule has 0 amide bonds. The monoisotopic (exact) mass is 317 g/mol. The second-order valence-electron chi connectivity index (χ2n) is 3.70. The van der Waals surface area contributed by atoms with Gasteiger partial charge in [0.2, 0.25) is 10.0 Å². The Kier molecular flexibility index (Phi) is 4.35. The van der Waals surface area contributed by atoms with E-state index in [9.17, 15) is 13.2 Å². The highest BCUT2D eigenvalue weighted by Crippen LogP contribution is 2.21. The maximum absolute atomic E-state index is 11.9. The molecule has 2 rings (SSSR count). The van der Waals surface area contributed by atoms with Crippen LogP contribution < -0.4 is 4.72 Å². The third kappa shape index (κ3) is 3.63. The smallest absolute Gasteiger partial charge is 0.345 e. The molecular formula is C11H11NO4S3. The first-order valence-corrected chi connectivity index (χ1v) is 8.57. The van der Waals surface area contributed by atoms with E-state index in [2.05, 4.69) is 4.72 Å². The van der Waals surface area contributed by atoms with Crippen LogP contribution in [-0.2, 0) is 16.4 Å². The molecule has 2 aromatic rings. The van der Waals surface area contributed by atoms with Gasteiger partial charge in [0.15, 0.2) is 0 Å². The van der Waals surface area contributed by atoms with Crippen molar-refractivity contribution in [3.8, 4) is 0 Å². The maximum Gasteiger partial charge on any atom is 0.345 e. The summed E-state index contributed by atoms with van der Waals surface area (Å²) < 4.78 is 26.3. The number of thiophene rings is 2. The third-order valence-corrected chi connectivity index (χ3v) is 6.10. The average molecular weight is 317 g/mol. The zero-order chi connectivity index (χ0) is 13.9. The highest BCUT2D eigenvalue weighted by Gasteiger charge is 2.18. The Morgan fingerprint density at radius 1 is 1.32 bits per heavy atom.